The van der Waals surface area contributed by atoms with Crippen LogP contribution in [0.15, 0.2) is 76.3 Å². The quantitative estimate of drug-likeness (QED) is 0.133. The van der Waals surface area contributed by atoms with E-state index in [4.69, 9.17) is 4.74 Å². The Morgan fingerprint density at radius 1 is 1.00 bits per heavy atom. The summed E-state index contributed by atoms with van der Waals surface area (Å²) in [5.74, 6) is -1.52. The van der Waals surface area contributed by atoms with E-state index in [0.29, 0.717) is 5.69 Å². The highest BCUT2D eigenvalue weighted by Crippen LogP contribution is 2.24. The summed E-state index contributed by atoms with van der Waals surface area (Å²) >= 11 is 3.28. The van der Waals surface area contributed by atoms with Gasteiger partial charge in [-0.2, -0.15) is 5.10 Å². The van der Waals surface area contributed by atoms with Crippen molar-refractivity contribution in [1.29, 1.82) is 0 Å². The molecule has 2 amide bonds. The minimum Gasteiger partial charge on any atom is -0.422 e. The van der Waals surface area contributed by atoms with Crippen molar-refractivity contribution in [3.8, 4) is 5.75 Å². The van der Waals surface area contributed by atoms with Gasteiger partial charge in [0.2, 0.25) is 5.91 Å². The number of hydrogen-bond acceptors (Lipinski definition) is 7. The Bertz CT molecular complexity index is 1320. The van der Waals surface area contributed by atoms with Gasteiger partial charge in [-0.05, 0) is 54.6 Å². The van der Waals surface area contributed by atoms with Gasteiger partial charge in [0.25, 0.3) is 11.6 Å². The second kappa shape index (κ2) is 11.8. The van der Waals surface area contributed by atoms with Gasteiger partial charge in [-0.3, -0.25) is 19.7 Å². The van der Waals surface area contributed by atoms with Crippen molar-refractivity contribution in [3.63, 3.8) is 0 Å². The number of carbonyl (C=O) groups excluding carboxylic acids is 3. The first-order valence-corrected chi connectivity index (χ1v) is 11.4. The normalized spacial score (nSPS) is 10.8. The van der Waals surface area contributed by atoms with E-state index in [1.807, 2.05) is 0 Å². The molecule has 0 radical (unpaired) electrons. The molecule has 0 aliphatic carbocycles. The lowest BCUT2D eigenvalue weighted by molar-refractivity contribution is -0.384. The van der Waals surface area contributed by atoms with Gasteiger partial charge in [-0.25, -0.2) is 10.2 Å². The van der Waals surface area contributed by atoms with E-state index in [9.17, 15) is 24.5 Å². The van der Waals surface area contributed by atoms with E-state index in [1.165, 1.54) is 30.3 Å². The van der Waals surface area contributed by atoms with Crippen molar-refractivity contribution in [2.24, 2.45) is 11.0 Å². The topological polar surface area (TPSA) is 140 Å². The summed E-state index contributed by atoms with van der Waals surface area (Å²) in [5.41, 5.74) is 3.28. The van der Waals surface area contributed by atoms with E-state index in [1.54, 1.807) is 50.2 Å². The molecule has 10 nitrogen and oxygen atoms in total. The number of non-ortho nitro benzene ring substituents is 1. The number of rotatable bonds is 8. The van der Waals surface area contributed by atoms with Crippen LogP contribution in [-0.4, -0.2) is 28.9 Å². The fraction of sp³-hybridized carbons (Fsp3) is 0.120. The molecule has 0 aliphatic rings. The molecule has 0 spiro atoms. The lowest BCUT2D eigenvalue weighted by Gasteiger charge is -2.08. The first-order valence-electron chi connectivity index (χ1n) is 10.6. The van der Waals surface area contributed by atoms with Crippen LogP contribution in [0.2, 0.25) is 0 Å². The third-order valence-electron chi connectivity index (χ3n) is 4.80. The maximum absolute atomic E-state index is 12.5. The summed E-state index contributed by atoms with van der Waals surface area (Å²) in [4.78, 5) is 47.3. The number of anilines is 1. The largest absolute Gasteiger partial charge is 0.422 e. The average Bonchev–Trinajstić information content (AvgIpc) is 2.85. The second-order valence-corrected chi connectivity index (χ2v) is 8.71. The van der Waals surface area contributed by atoms with Crippen LogP contribution in [0.1, 0.15) is 40.1 Å². The molecule has 3 aromatic carbocycles. The predicted molar refractivity (Wildman–Crippen MR) is 137 cm³/mol. The maximum atomic E-state index is 12.5. The third kappa shape index (κ3) is 7.06. The number of nitrogens with one attached hydrogen (secondary N) is 2. The lowest BCUT2D eigenvalue weighted by Crippen LogP contribution is -2.19. The third-order valence-corrected chi connectivity index (χ3v) is 5.32. The standard InChI is InChI=1S/C25H21BrN4O6/c1-15(2)23(31)28-20-9-5-16(6-10-20)24(32)29-27-14-18-13-21(30(34)35)11-12-22(18)36-25(33)17-3-7-19(26)8-4-17/h3-15H,1-2H3,(H,28,31)(H,29,32)/b27-14+. The van der Waals surface area contributed by atoms with E-state index >= 15 is 0 Å². The van der Waals surface area contributed by atoms with E-state index in [-0.39, 0.29) is 40.0 Å². The lowest BCUT2D eigenvalue weighted by atomic mass is 10.1. The molecule has 36 heavy (non-hydrogen) atoms. The highest BCUT2D eigenvalue weighted by molar-refractivity contribution is 9.10. The van der Waals surface area contributed by atoms with E-state index in [0.717, 1.165) is 10.7 Å². The van der Waals surface area contributed by atoms with Crippen molar-refractivity contribution >= 4 is 51.3 Å². The minimum atomic E-state index is -0.667. The number of nitro groups is 1. The van der Waals surface area contributed by atoms with Crippen LogP contribution < -0.4 is 15.5 Å². The number of amides is 2. The Balaban J connectivity index is 1.73. The van der Waals surface area contributed by atoms with E-state index in [2.05, 4.69) is 31.8 Å². The Labute approximate surface area is 214 Å². The zero-order valence-corrected chi connectivity index (χ0v) is 20.8. The summed E-state index contributed by atoms with van der Waals surface area (Å²) < 4.78 is 6.18. The summed E-state index contributed by atoms with van der Waals surface area (Å²) in [6, 6.07) is 16.3. The van der Waals surface area contributed by atoms with Crippen molar-refractivity contribution in [2.45, 2.75) is 13.8 Å². The Morgan fingerprint density at radius 3 is 2.25 bits per heavy atom. The van der Waals surface area contributed by atoms with Gasteiger partial charge in [0.05, 0.1) is 16.7 Å². The highest BCUT2D eigenvalue weighted by Gasteiger charge is 2.15. The number of esters is 1. The summed E-state index contributed by atoms with van der Waals surface area (Å²) in [5, 5.41) is 17.8. The summed E-state index contributed by atoms with van der Waals surface area (Å²) in [6.45, 7) is 3.54. The highest BCUT2D eigenvalue weighted by atomic mass is 79.9. The van der Waals surface area contributed by atoms with Crippen molar-refractivity contribution in [3.05, 3.63) is 98.0 Å². The first kappa shape index (κ1) is 26.2. The molecule has 0 aromatic heterocycles. The number of carbonyl (C=O) groups is 3. The summed E-state index contributed by atoms with van der Waals surface area (Å²) in [6.07, 6.45) is 1.15. The Hall–Kier alpha value is -4.38. The molecule has 0 unspecified atom stereocenters. The molecular weight excluding hydrogens is 532 g/mol. The molecule has 3 rings (SSSR count). The number of hydrazone groups is 1. The number of nitrogens with zero attached hydrogens (tertiary/aromatic N) is 2. The fourth-order valence-electron chi connectivity index (χ4n) is 2.80. The molecule has 0 fully saturated rings. The maximum Gasteiger partial charge on any atom is 0.343 e. The molecule has 3 aromatic rings. The number of hydrogen-bond donors (Lipinski definition) is 2. The molecule has 0 bridgehead atoms. The molecule has 2 N–H and O–H groups in total. The molecule has 0 saturated heterocycles. The molecule has 11 heteroatoms. The molecular formula is C25H21BrN4O6. The number of nitro benzene ring substituents is 1. The van der Waals surface area contributed by atoms with Crippen molar-refractivity contribution in [2.75, 3.05) is 5.32 Å². The average molecular weight is 553 g/mol. The van der Waals surface area contributed by atoms with Gasteiger partial charge in [0.1, 0.15) is 5.75 Å². The van der Waals surface area contributed by atoms with Crippen molar-refractivity contribution < 1.29 is 24.0 Å². The van der Waals surface area contributed by atoms with E-state index < -0.39 is 16.8 Å². The molecule has 0 saturated carbocycles. The van der Waals surface area contributed by atoms with Crippen LogP contribution in [0.5, 0.6) is 5.75 Å². The predicted octanol–water partition coefficient (Wildman–Crippen LogP) is 4.93. The van der Waals surface area contributed by atoms with Crippen molar-refractivity contribution in [1.82, 2.24) is 5.43 Å². The van der Waals surface area contributed by atoms with Gasteiger partial charge in [0, 0.05) is 39.3 Å². The zero-order valence-electron chi connectivity index (χ0n) is 19.2. The smallest absolute Gasteiger partial charge is 0.343 e. The van der Waals surface area contributed by atoms with Crippen LogP contribution >= 0.6 is 15.9 Å². The van der Waals surface area contributed by atoms with Crippen LogP contribution in [0.3, 0.4) is 0 Å². The Kier molecular flexibility index (Phi) is 8.63. The fourth-order valence-corrected chi connectivity index (χ4v) is 3.07. The van der Waals surface area contributed by atoms with Crippen LogP contribution in [0.25, 0.3) is 0 Å². The molecule has 184 valence electrons. The van der Waals surface area contributed by atoms with Gasteiger partial charge in [-0.15, -0.1) is 0 Å². The van der Waals surface area contributed by atoms with Crippen LogP contribution in [0, 0.1) is 16.0 Å². The molecule has 0 atom stereocenters. The van der Waals surface area contributed by atoms with Crippen LogP contribution in [0.4, 0.5) is 11.4 Å². The Morgan fingerprint density at radius 2 is 1.64 bits per heavy atom. The van der Waals surface area contributed by atoms with Gasteiger partial charge < -0.3 is 10.1 Å². The molecule has 0 aliphatic heterocycles. The SMILES string of the molecule is CC(C)C(=O)Nc1ccc(C(=O)N/N=C/c2cc([N+](=O)[O-])ccc2OC(=O)c2ccc(Br)cc2)cc1. The number of ether oxygens (including phenoxy) is 1. The van der Waals surface area contributed by atoms with Gasteiger partial charge >= 0.3 is 5.97 Å². The summed E-state index contributed by atoms with van der Waals surface area (Å²) in [7, 11) is 0. The molecule has 0 heterocycles. The van der Waals surface area contributed by atoms with Gasteiger partial charge in [-0.1, -0.05) is 29.8 Å². The van der Waals surface area contributed by atoms with Crippen LogP contribution in [-0.2, 0) is 4.79 Å². The first-order chi connectivity index (χ1) is 17.1. The monoisotopic (exact) mass is 552 g/mol. The number of benzene rings is 3. The number of halogens is 1. The second-order valence-electron chi connectivity index (χ2n) is 7.80. The minimum absolute atomic E-state index is 0.0248. The zero-order chi connectivity index (χ0) is 26.2. The van der Waals surface area contributed by atoms with Gasteiger partial charge in [0.15, 0.2) is 0 Å².